The summed E-state index contributed by atoms with van der Waals surface area (Å²) in [6, 6.07) is 8.38. The summed E-state index contributed by atoms with van der Waals surface area (Å²) in [6.07, 6.45) is 7.99. The van der Waals surface area contributed by atoms with Crippen LogP contribution < -0.4 is 0 Å². The molecule has 32 heavy (non-hydrogen) atoms. The van der Waals surface area contributed by atoms with E-state index in [4.69, 9.17) is 0 Å². The first kappa shape index (κ1) is 23.6. The molecule has 168 valence electrons. The van der Waals surface area contributed by atoms with Crippen LogP contribution in [0.5, 0.6) is 0 Å². The number of hydrogen-bond acceptors (Lipinski definition) is 3. The van der Waals surface area contributed by atoms with Crippen LogP contribution in [-0.4, -0.2) is 22.2 Å². The molecule has 4 nitrogen and oxygen atoms in total. The van der Waals surface area contributed by atoms with E-state index in [1.54, 1.807) is 6.20 Å². The van der Waals surface area contributed by atoms with Crippen LogP contribution in [0.4, 0.5) is 0 Å². The summed E-state index contributed by atoms with van der Waals surface area (Å²) in [5, 5.41) is 0. The van der Waals surface area contributed by atoms with Crippen molar-refractivity contribution in [2.24, 2.45) is 0 Å². The van der Waals surface area contributed by atoms with Crippen molar-refractivity contribution in [2.75, 3.05) is 0 Å². The minimum absolute atomic E-state index is 0.00492. The Labute approximate surface area is 192 Å². The first-order valence-electron chi connectivity index (χ1n) is 11.3. The molecule has 2 amide bonds. The number of fused-ring (bicyclic) bond motifs is 1. The molecular weight excluding hydrogens is 396 g/mol. The highest BCUT2D eigenvalue weighted by atomic mass is 16.2. The van der Waals surface area contributed by atoms with Crippen molar-refractivity contribution in [3.63, 3.8) is 0 Å². The fraction of sp³-hybridized carbons (Fsp3) is 0.393. The number of nitrogens with zero attached hydrogens (tertiary/aromatic N) is 2. The zero-order valence-corrected chi connectivity index (χ0v) is 20.2. The summed E-state index contributed by atoms with van der Waals surface area (Å²) in [5.74, 6) is -0.166. The second-order valence-electron chi connectivity index (χ2n) is 9.90. The fourth-order valence-corrected chi connectivity index (χ4v) is 4.27. The topological polar surface area (TPSA) is 50.3 Å². The molecule has 4 heteroatoms. The number of amides is 2. The number of rotatable bonds is 7. The Kier molecular flexibility index (Phi) is 6.54. The lowest BCUT2D eigenvalue weighted by Gasteiger charge is -2.37. The molecule has 0 spiro atoms. The van der Waals surface area contributed by atoms with E-state index in [0.29, 0.717) is 19.3 Å². The molecule has 0 atom stereocenters. The third kappa shape index (κ3) is 4.59. The predicted octanol–water partition coefficient (Wildman–Crippen LogP) is 5.86. The summed E-state index contributed by atoms with van der Waals surface area (Å²) >= 11 is 0. The van der Waals surface area contributed by atoms with E-state index in [2.05, 4.69) is 70.5 Å². The number of aromatic nitrogens is 1. The van der Waals surface area contributed by atoms with Gasteiger partial charge in [0.15, 0.2) is 0 Å². The fourth-order valence-electron chi connectivity index (χ4n) is 4.27. The van der Waals surface area contributed by atoms with Crippen LogP contribution >= 0.6 is 0 Å². The summed E-state index contributed by atoms with van der Waals surface area (Å²) in [7, 11) is 0. The third-order valence-corrected chi connectivity index (χ3v) is 6.39. The summed E-state index contributed by atoms with van der Waals surface area (Å²) in [6.45, 7) is 17.6. The van der Waals surface area contributed by atoms with Gasteiger partial charge in [-0.2, -0.15) is 0 Å². The van der Waals surface area contributed by atoms with Crippen molar-refractivity contribution in [2.45, 2.75) is 71.8 Å². The van der Waals surface area contributed by atoms with Gasteiger partial charge in [-0.1, -0.05) is 65.5 Å². The maximum Gasteiger partial charge on any atom is 0.229 e. The molecule has 0 N–H and O–H groups in total. The van der Waals surface area contributed by atoms with Gasteiger partial charge >= 0.3 is 0 Å². The number of pyridine rings is 1. The average Bonchev–Trinajstić information content (AvgIpc) is 2.75. The van der Waals surface area contributed by atoms with Crippen LogP contribution in [0.25, 0.3) is 5.57 Å². The highest BCUT2D eigenvalue weighted by molar-refractivity contribution is 5.86. The van der Waals surface area contributed by atoms with Gasteiger partial charge in [0.1, 0.15) is 0 Å². The summed E-state index contributed by atoms with van der Waals surface area (Å²) in [5.41, 5.74) is 7.36. The van der Waals surface area contributed by atoms with E-state index in [9.17, 15) is 9.59 Å². The summed E-state index contributed by atoms with van der Waals surface area (Å²) < 4.78 is 0. The number of aryl methyl sites for hydroxylation is 1. The maximum atomic E-state index is 12.0. The van der Waals surface area contributed by atoms with E-state index in [0.717, 1.165) is 22.4 Å². The number of carbonyl (C=O) groups excluding carboxylic acids is 2. The third-order valence-electron chi connectivity index (χ3n) is 6.39. The van der Waals surface area contributed by atoms with Crippen LogP contribution in [0.1, 0.15) is 81.0 Å². The number of imide groups is 1. The molecule has 1 aromatic carbocycles. The predicted molar refractivity (Wildman–Crippen MR) is 130 cm³/mol. The van der Waals surface area contributed by atoms with E-state index in [1.165, 1.54) is 21.6 Å². The van der Waals surface area contributed by atoms with Crippen LogP contribution in [0.2, 0.25) is 0 Å². The molecule has 0 saturated carbocycles. The minimum atomic E-state index is -0.166. The molecule has 1 heterocycles. The SMILES string of the molecule is C=C(c1ccc(CN(C=O)C(=O)CCC)cn1)c1cc2c(cc1C)C(C)(C)C=CC2(C)C. The van der Waals surface area contributed by atoms with Gasteiger partial charge in [0, 0.05) is 29.0 Å². The summed E-state index contributed by atoms with van der Waals surface area (Å²) in [4.78, 5) is 29.2. The highest BCUT2D eigenvalue weighted by Crippen LogP contribution is 2.43. The number of carbonyl (C=O) groups is 2. The standard InChI is InChI=1S/C28H34N2O2/c1-8-9-26(32)30(18-31)17-21-10-11-25(29-16-21)20(3)22-15-24-23(14-19(22)2)27(4,5)12-13-28(24,6)7/h10-16,18H,3,8-9,17H2,1-2,4-7H3. The average molecular weight is 431 g/mol. The van der Waals surface area contributed by atoms with Crippen LogP contribution in [-0.2, 0) is 27.0 Å². The van der Waals surface area contributed by atoms with Gasteiger partial charge in [-0.05, 0) is 53.3 Å². The molecule has 0 aliphatic heterocycles. The van der Waals surface area contributed by atoms with Crippen LogP contribution in [0.3, 0.4) is 0 Å². The van der Waals surface area contributed by atoms with Gasteiger partial charge in [-0.15, -0.1) is 0 Å². The molecular formula is C28H34N2O2. The van der Waals surface area contributed by atoms with Gasteiger partial charge < -0.3 is 0 Å². The van der Waals surface area contributed by atoms with Gasteiger partial charge in [0.05, 0.1) is 12.2 Å². The molecule has 0 saturated heterocycles. The zero-order valence-electron chi connectivity index (χ0n) is 20.2. The zero-order chi connectivity index (χ0) is 23.7. The highest BCUT2D eigenvalue weighted by Gasteiger charge is 2.33. The normalized spacial score (nSPS) is 15.7. The molecule has 0 bridgehead atoms. The van der Waals surface area contributed by atoms with E-state index in [-0.39, 0.29) is 23.3 Å². The molecule has 3 rings (SSSR count). The number of benzene rings is 1. The van der Waals surface area contributed by atoms with Crippen molar-refractivity contribution in [1.29, 1.82) is 0 Å². The smallest absolute Gasteiger partial charge is 0.229 e. The van der Waals surface area contributed by atoms with E-state index in [1.807, 2.05) is 19.1 Å². The number of allylic oxidation sites excluding steroid dienone is 2. The van der Waals surface area contributed by atoms with E-state index < -0.39 is 0 Å². The Morgan fingerprint density at radius 2 is 1.72 bits per heavy atom. The molecule has 0 unspecified atom stereocenters. The van der Waals surface area contributed by atoms with Crippen molar-refractivity contribution in [3.8, 4) is 0 Å². The molecule has 1 aliphatic carbocycles. The molecule has 2 aromatic rings. The Morgan fingerprint density at radius 1 is 1.09 bits per heavy atom. The Balaban J connectivity index is 1.89. The van der Waals surface area contributed by atoms with Gasteiger partial charge in [0.25, 0.3) is 0 Å². The minimum Gasteiger partial charge on any atom is -0.281 e. The van der Waals surface area contributed by atoms with Crippen molar-refractivity contribution >= 4 is 17.9 Å². The maximum absolute atomic E-state index is 12.0. The number of hydrogen-bond donors (Lipinski definition) is 0. The molecule has 1 aromatic heterocycles. The lowest BCUT2D eigenvalue weighted by Crippen LogP contribution is -2.29. The van der Waals surface area contributed by atoms with Crippen molar-refractivity contribution in [1.82, 2.24) is 9.88 Å². The Bertz CT molecular complexity index is 1080. The molecule has 0 fully saturated rings. The van der Waals surface area contributed by atoms with Crippen molar-refractivity contribution < 1.29 is 9.59 Å². The quantitative estimate of drug-likeness (QED) is 0.408. The van der Waals surface area contributed by atoms with Gasteiger partial charge in [-0.25, -0.2) is 0 Å². The van der Waals surface area contributed by atoms with E-state index >= 15 is 0 Å². The first-order valence-corrected chi connectivity index (χ1v) is 11.3. The van der Waals surface area contributed by atoms with Gasteiger partial charge in [-0.3, -0.25) is 19.5 Å². The first-order chi connectivity index (χ1) is 15.0. The molecule has 0 radical (unpaired) electrons. The monoisotopic (exact) mass is 430 g/mol. The Morgan fingerprint density at radius 3 is 2.25 bits per heavy atom. The second kappa shape index (κ2) is 8.85. The molecule has 1 aliphatic rings. The largest absolute Gasteiger partial charge is 0.281 e. The van der Waals surface area contributed by atoms with Crippen LogP contribution in [0.15, 0.2) is 49.2 Å². The van der Waals surface area contributed by atoms with Crippen molar-refractivity contribution in [3.05, 3.63) is 82.7 Å². The Hall–Kier alpha value is -3.01. The second-order valence-corrected chi connectivity index (χ2v) is 9.90. The van der Waals surface area contributed by atoms with Crippen LogP contribution in [0, 0.1) is 6.92 Å². The lowest BCUT2D eigenvalue weighted by molar-refractivity contribution is -0.138. The lowest BCUT2D eigenvalue weighted by atomic mass is 9.67. The van der Waals surface area contributed by atoms with Gasteiger partial charge in [0.2, 0.25) is 12.3 Å².